The highest BCUT2D eigenvalue weighted by Crippen LogP contribution is 2.27. The number of anilines is 1. The van der Waals surface area contributed by atoms with Crippen LogP contribution in [0, 0.1) is 17.0 Å². The number of rotatable bonds is 4. The molecule has 8 heteroatoms. The molecule has 0 aromatic carbocycles. The predicted octanol–water partition coefficient (Wildman–Crippen LogP) is 3.81. The van der Waals surface area contributed by atoms with Crippen LogP contribution in [0.2, 0.25) is 10.3 Å². The SMILES string of the molecule is Cc1cc(Cl)nc(Cl)c1NCc1ccc([N+](=O)[O-])o1. The highest BCUT2D eigenvalue weighted by Gasteiger charge is 2.13. The van der Waals surface area contributed by atoms with Crippen LogP contribution in [0.15, 0.2) is 22.6 Å². The Morgan fingerprint density at radius 3 is 2.79 bits per heavy atom. The quantitative estimate of drug-likeness (QED) is 0.527. The van der Waals surface area contributed by atoms with Gasteiger partial charge in [-0.25, -0.2) is 4.98 Å². The lowest BCUT2D eigenvalue weighted by molar-refractivity contribution is -0.402. The minimum Gasteiger partial charge on any atom is -0.404 e. The summed E-state index contributed by atoms with van der Waals surface area (Å²) in [5.41, 5.74) is 1.44. The molecule has 0 atom stereocenters. The van der Waals surface area contributed by atoms with Gasteiger partial charge in [-0.2, -0.15) is 0 Å². The molecule has 0 saturated carbocycles. The van der Waals surface area contributed by atoms with Gasteiger partial charge in [0.05, 0.1) is 18.3 Å². The molecule has 0 spiro atoms. The van der Waals surface area contributed by atoms with Crippen molar-refractivity contribution in [3.05, 3.63) is 49.9 Å². The first-order valence-corrected chi connectivity index (χ1v) is 6.02. The summed E-state index contributed by atoms with van der Waals surface area (Å²) in [7, 11) is 0. The van der Waals surface area contributed by atoms with Crippen LogP contribution in [-0.2, 0) is 6.54 Å². The van der Waals surface area contributed by atoms with E-state index in [0.29, 0.717) is 16.6 Å². The van der Waals surface area contributed by atoms with Gasteiger partial charge >= 0.3 is 5.88 Å². The Balaban J connectivity index is 2.12. The van der Waals surface area contributed by atoms with Crippen molar-refractivity contribution in [1.29, 1.82) is 0 Å². The second kappa shape index (κ2) is 5.46. The summed E-state index contributed by atoms with van der Waals surface area (Å²) in [6.07, 6.45) is 0. The molecule has 2 aromatic rings. The molecule has 0 unspecified atom stereocenters. The number of nitrogens with one attached hydrogen (secondary N) is 1. The second-order valence-electron chi connectivity index (χ2n) is 3.78. The van der Waals surface area contributed by atoms with Gasteiger partial charge in [-0.3, -0.25) is 10.1 Å². The molecule has 2 heterocycles. The third kappa shape index (κ3) is 3.15. The Kier molecular flexibility index (Phi) is 3.92. The summed E-state index contributed by atoms with van der Waals surface area (Å²) in [5.74, 6) is 0.131. The van der Waals surface area contributed by atoms with E-state index in [-0.39, 0.29) is 17.6 Å². The van der Waals surface area contributed by atoms with Crippen LogP contribution in [-0.4, -0.2) is 9.91 Å². The molecule has 0 aliphatic heterocycles. The van der Waals surface area contributed by atoms with E-state index in [1.54, 1.807) is 6.07 Å². The molecule has 19 heavy (non-hydrogen) atoms. The molecule has 1 N–H and O–H groups in total. The number of pyridine rings is 1. The molecular weight excluding hydrogens is 293 g/mol. The number of nitrogens with zero attached hydrogens (tertiary/aromatic N) is 2. The normalized spacial score (nSPS) is 10.5. The van der Waals surface area contributed by atoms with E-state index >= 15 is 0 Å². The lowest BCUT2D eigenvalue weighted by atomic mass is 10.2. The summed E-state index contributed by atoms with van der Waals surface area (Å²) >= 11 is 11.7. The van der Waals surface area contributed by atoms with Crippen LogP contribution in [0.1, 0.15) is 11.3 Å². The lowest BCUT2D eigenvalue weighted by Crippen LogP contribution is -2.02. The molecular formula is C11H9Cl2N3O3. The van der Waals surface area contributed by atoms with Gasteiger partial charge in [0.25, 0.3) is 0 Å². The maximum atomic E-state index is 10.5. The van der Waals surface area contributed by atoms with E-state index in [1.807, 2.05) is 6.92 Å². The number of aromatic nitrogens is 1. The molecule has 100 valence electrons. The smallest absolute Gasteiger partial charge is 0.404 e. The average Bonchev–Trinajstić information content (AvgIpc) is 2.76. The summed E-state index contributed by atoms with van der Waals surface area (Å²) in [5, 5.41) is 14.0. The zero-order valence-electron chi connectivity index (χ0n) is 9.81. The van der Waals surface area contributed by atoms with E-state index in [4.69, 9.17) is 27.6 Å². The van der Waals surface area contributed by atoms with Gasteiger partial charge in [0.2, 0.25) is 0 Å². The van der Waals surface area contributed by atoms with Crippen LogP contribution >= 0.6 is 23.2 Å². The summed E-state index contributed by atoms with van der Waals surface area (Å²) in [6, 6.07) is 4.49. The van der Waals surface area contributed by atoms with Crippen molar-refractivity contribution >= 4 is 34.8 Å². The number of furan rings is 1. The minimum absolute atomic E-state index is 0.242. The second-order valence-corrected chi connectivity index (χ2v) is 4.52. The van der Waals surface area contributed by atoms with E-state index in [1.165, 1.54) is 12.1 Å². The fourth-order valence-corrected chi connectivity index (χ4v) is 2.14. The highest BCUT2D eigenvalue weighted by atomic mass is 35.5. The van der Waals surface area contributed by atoms with Gasteiger partial charge in [-0.1, -0.05) is 23.2 Å². The largest absolute Gasteiger partial charge is 0.433 e. The van der Waals surface area contributed by atoms with Crippen molar-refractivity contribution in [2.24, 2.45) is 0 Å². The Labute approximate surface area is 118 Å². The predicted molar refractivity (Wildman–Crippen MR) is 71.7 cm³/mol. The van der Waals surface area contributed by atoms with E-state index in [2.05, 4.69) is 10.3 Å². The van der Waals surface area contributed by atoms with Gasteiger partial charge in [0, 0.05) is 0 Å². The van der Waals surface area contributed by atoms with E-state index in [0.717, 1.165) is 5.56 Å². The van der Waals surface area contributed by atoms with Crippen LogP contribution in [0.3, 0.4) is 0 Å². The number of nitro groups is 1. The van der Waals surface area contributed by atoms with Crippen molar-refractivity contribution in [2.45, 2.75) is 13.5 Å². The molecule has 0 aliphatic carbocycles. The molecule has 0 aliphatic rings. The Bertz CT molecular complexity index is 604. The third-order valence-electron chi connectivity index (χ3n) is 2.41. The first-order chi connectivity index (χ1) is 8.97. The van der Waals surface area contributed by atoms with Gasteiger partial charge in [0.15, 0.2) is 5.15 Å². The highest BCUT2D eigenvalue weighted by molar-refractivity contribution is 6.34. The van der Waals surface area contributed by atoms with Crippen LogP contribution in [0.25, 0.3) is 0 Å². The minimum atomic E-state index is -0.592. The molecule has 2 aromatic heterocycles. The van der Waals surface area contributed by atoms with Gasteiger partial charge in [-0.05, 0) is 24.6 Å². The monoisotopic (exact) mass is 301 g/mol. The molecule has 0 bridgehead atoms. The maximum Gasteiger partial charge on any atom is 0.433 e. The number of halogens is 2. The van der Waals surface area contributed by atoms with E-state index < -0.39 is 4.92 Å². The average molecular weight is 302 g/mol. The van der Waals surface area contributed by atoms with Crippen molar-refractivity contribution in [2.75, 3.05) is 5.32 Å². The fraction of sp³-hybridized carbons (Fsp3) is 0.182. The summed E-state index contributed by atoms with van der Waals surface area (Å²) in [4.78, 5) is 13.8. The van der Waals surface area contributed by atoms with Gasteiger partial charge in [-0.15, -0.1) is 0 Å². The molecule has 0 amide bonds. The summed E-state index contributed by atoms with van der Waals surface area (Å²) < 4.78 is 5.02. The zero-order valence-corrected chi connectivity index (χ0v) is 11.3. The maximum absolute atomic E-state index is 10.5. The first kappa shape index (κ1) is 13.6. The lowest BCUT2D eigenvalue weighted by Gasteiger charge is -2.09. The number of hydrogen-bond donors (Lipinski definition) is 1. The molecule has 6 nitrogen and oxygen atoms in total. The van der Waals surface area contributed by atoms with Crippen molar-refractivity contribution < 1.29 is 9.34 Å². The number of hydrogen-bond acceptors (Lipinski definition) is 5. The fourth-order valence-electron chi connectivity index (χ4n) is 1.54. The van der Waals surface area contributed by atoms with Crippen LogP contribution in [0.5, 0.6) is 0 Å². The number of aryl methyl sites for hydroxylation is 1. The first-order valence-electron chi connectivity index (χ1n) is 5.27. The zero-order chi connectivity index (χ0) is 14.0. The van der Waals surface area contributed by atoms with Gasteiger partial charge < -0.3 is 9.73 Å². The standard InChI is InChI=1S/C11H9Cl2N3O3/c1-6-4-8(12)15-11(13)10(6)14-5-7-2-3-9(19-7)16(17)18/h2-4,14H,5H2,1H3. The van der Waals surface area contributed by atoms with Crippen LogP contribution in [0.4, 0.5) is 11.6 Å². The van der Waals surface area contributed by atoms with Gasteiger partial charge in [0.1, 0.15) is 15.8 Å². The third-order valence-corrected chi connectivity index (χ3v) is 2.88. The topological polar surface area (TPSA) is 81.2 Å². The van der Waals surface area contributed by atoms with E-state index in [9.17, 15) is 10.1 Å². The molecule has 2 rings (SSSR count). The Morgan fingerprint density at radius 1 is 1.47 bits per heavy atom. The van der Waals surface area contributed by atoms with Crippen molar-refractivity contribution in [3.8, 4) is 0 Å². The van der Waals surface area contributed by atoms with Crippen molar-refractivity contribution in [3.63, 3.8) is 0 Å². The Morgan fingerprint density at radius 2 is 2.21 bits per heavy atom. The summed E-state index contributed by atoms with van der Waals surface area (Å²) in [6.45, 7) is 2.09. The van der Waals surface area contributed by atoms with Crippen molar-refractivity contribution in [1.82, 2.24) is 4.98 Å². The molecule has 0 saturated heterocycles. The molecule has 0 radical (unpaired) electrons. The van der Waals surface area contributed by atoms with Crippen LogP contribution < -0.4 is 5.32 Å². The molecule has 0 fully saturated rings. The Hall–Kier alpha value is -1.79.